The quantitative estimate of drug-likeness (QED) is 0.181. The van der Waals surface area contributed by atoms with Crippen molar-refractivity contribution in [3.63, 3.8) is 0 Å². The molecule has 43 heavy (non-hydrogen) atoms. The van der Waals surface area contributed by atoms with Crippen LogP contribution in [-0.4, -0.2) is 40.4 Å². The van der Waals surface area contributed by atoms with Crippen molar-refractivity contribution in [3.8, 4) is 16.9 Å². The number of nitrogens with one attached hydrogen (secondary N) is 1. The molecule has 6 nitrogen and oxygen atoms in total. The Kier molecular flexibility index (Phi) is 10.3. The number of rotatable bonds is 10. The van der Waals surface area contributed by atoms with Crippen LogP contribution in [0.5, 0.6) is 5.75 Å². The molecule has 222 valence electrons. The van der Waals surface area contributed by atoms with Crippen molar-refractivity contribution < 1.29 is 14.7 Å². The zero-order valence-electron chi connectivity index (χ0n) is 24.2. The highest BCUT2D eigenvalue weighted by molar-refractivity contribution is 9.10. The summed E-state index contributed by atoms with van der Waals surface area (Å²) < 4.78 is 0.977. The van der Waals surface area contributed by atoms with Crippen molar-refractivity contribution in [2.75, 3.05) is 6.54 Å². The van der Waals surface area contributed by atoms with Gasteiger partial charge in [0.25, 0.3) is 5.91 Å². The van der Waals surface area contributed by atoms with Gasteiger partial charge in [-0.1, -0.05) is 70.5 Å². The molecule has 1 aliphatic rings. The number of hydrogen-bond acceptors (Lipinski definition) is 4. The predicted octanol–water partition coefficient (Wildman–Crippen LogP) is 6.64. The third-order valence-electron chi connectivity index (χ3n) is 8.09. The minimum Gasteiger partial charge on any atom is -0.508 e. The smallest absolute Gasteiger partial charge is 0.251 e. The molecule has 0 radical (unpaired) electrons. The summed E-state index contributed by atoms with van der Waals surface area (Å²) in [6.07, 6.45) is 4.70. The molecule has 1 aliphatic carbocycles. The average Bonchev–Trinajstić information content (AvgIpc) is 3.02. The van der Waals surface area contributed by atoms with Crippen molar-refractivity contribution in [3.05, 3.63) is 124 Å². The van der Waals surface area contributed by atoms with E-state index in [1.807, 2.05) is 83.8 Å². The lowest BCUT2D eigenvalue weighted by Crippen LogP contribution is -2.40. The highest BCUT2D eigenvalue weighted by Gasteiger charge is 2.21. The molecule has 0 atom stereocenters. The van der Waals surface area contributed by atoms with Gasteiger partial charge in [-0.3, -0.25) is 9.59 Å². The van der Waals surface area contributed by atoms with E-state index in [1.165, 1.54) is 0 Å². The second-order valence-corrected chi connectivity index (χ2v) is 12.3. The summed E-state index contributed by atoms with van der Waals surface area (Å²) in [7, 11) is 0. The fourth-order valence-corrected chi connectivity index (χ4v) is 5.81. The second-order valence-electron chi connectivity index (χ2n) is 11.4. The maximum atomic E-state index is 13.6. The third-order valence-corrected chi connectivity index (χ3v) is 8.62. The molecule has 4 aromatic rings. The molecule has 1 fully saturated rings. The highest BCUT2D eigenvalue weighted by atomic mass is 79.9. The summed E-state index contributed by atoms with van der Waals surface area (Å²) >= 11 is 3.46. The first-order chi connectivity index (χ1) is 20.8. The Bertz CT molecular complexity index is 1530. The lowest BCUT2D eigenvalue weighted by Gasteiger charge is -2.26. The van der Waals surface area contributed by atoms with Gasteiger partial charge in [0.1, 0.15) is 5.75 Å². The third kappa shape index (κ3) is 8.78. The molecule has 0 bridgehead atoms. The molecule has 5 rings (SSSR count). The predicted molar refractivity (Wildman–Crippen MR) is 175 cm³/mol. The van der Waals surface area contributed by atoms with Crippen LogP contribution in [0.25, 0.3) is 11.1 Å². The zero-order valence-corrected chi connectivity index (χ0v) is 25.8. The van der Waals surface area contributed by atoms with Crippen LogP contribution in [0, 0.1) is 0 Å². The Morgan fingerprint density at radius 1 is 0.814 bits per heavy atom. The van der Waals surface area contributed by atoms with Gasteiger partial charge < -0.3 is 21.1 Å². The van der Waals surface area contributed by atoms with Crippen LogP contribution in [0.1, 0.15) is 52.7 Å². The summed E-state index contributed by atoms with van der Waals surface area (Å²) in [4.78, 5) is 28.5. The molecule has 0 spiro atoms. The van der Waals surface area contributed by atoms with Crippen molar-refractivity contribution in [1.82, 2.24) is 10.2 Å². The van der Waals surface area contributed by atoms with Crippen molar-refractivity contribution >= 4 is 27.7 Å². The molecule has 0 saturated heterocycles. The van der Waals surface area contributed by atoms with E-state index in [0.29, 0.717) is 31.5 Å². The number of halogens is 1. The van der Waals surface area contributed by atoms with E-state index in [4.69, 9.17) is 5.73 Å². The second kappa shape index (κ2) is 14.5. The maximum Gasteiger partial charge on any atom is 0.251 e. The van der Waals surface area contributed by atoms with E-state index < -0.39 is 0 Å². The van der Waals surface area contributed by atoms with Gasteiger partial charge in [-0.05, 0) is 102 Å². The topological polar surface area (TPSA) is 95.7 Å². The molecular weight excluding hydrogens is 602 g/mol. The maximum absolute atomic E-state index is 13.6. The van der Waals surface area contributed by atoms with Crippen molar-refractivity contribution in [2.24, 2.45) is 5.73 Å². The lowest BCUT2D eigenvalue weighted by molar-refractivity contribution is -0.131. The van der Waals surface area contributed by atoms with Gasteiger partial charge in [0, 0.05) is 35.2 Å². The molecule has 7 heteroatoms. The summed E-state index contributed by atoms with van der Waals surface area (Å²) in [6.45, 7) is 1.01. The van der Waals surface area contributed by atoms with E-state index in [9.17, 15) is 14.7 Å². The van der Waals surface area contributed by atoms with Crippen LogP contribution < -0.4 is 11.1 Å². The van der Waals surface area contributed by atoms with Crippen LogP contribution >= 0.6 is 15.9 Å². The summed E-state index contributed by atoms with van der Waals surface area (Å²) in [6, 6.07) is 31.2. The molecule has 0 unspecified atom stereocenters. The lowest BCUT2D eigenvalue weighted by atomic mass is 9.91. The first-order valence-corrected chi connectivity index (χ1v) is 15.7. The number of nitrogens with two attached hydrogens (primary N) is 1. The monoisotopic (exact) mass is 639 g/mol. The van der Waals surface area contributed by atoms with Crippen LogP contribution in [0.4, 0.5) is 0 Å². The summed E-state index contributed by atoms with van der Waals surface area (Å²) in [5.41, 5.74) is 11.6. The van der Waals surface area contributed by atoms with E-state index in [2.05, 4.69) is 27.3 Å². The van der Waals surface area contributed by atoms with Crippen LogP contribution in [0.2, 0.25) is 0 Å². The van der Waals surface area contributed by atoms with Crippen LogP contribution in [0.3, 0.4) is 0 Å². The molecule has 0 heterocycles. The number of phenols is 1. The fraction of sp³-hybridized carbons (Fsp3) is 0.278. The molecule has 0 aromatic heterocycles. The summed E-state index contributed by atoms with van der Waals surface area (Å²) in [5.74, 6) is 0.218. The Balaban J connectivity index is 1.31. The van der Waals surface area contributed by atoms with Gasteiger partial charge in [-0.15, -0.1) is 0 Å². The zero-order chi connectivity index (χ0) is 30.2. The minimum absolute atomic E-state index is 0.0499. The van der Waals surface area contributed by atoms with E-state index in [1.54, 1.807) is 12.1 Å². The van der Waals surface area contributed by atoms with E-state index in [0.717, 1.165) is 58.0 Å². The molecule has 4 N–H and O–H groups in total. The number of aromatic hydroxyl groups is 1. The number of nitrogens with zero attached hydrogens (tertiary/aromatic N) is 1. The van der Waals surface area contributed by atoms with Gasteiger partial charge in [-0.2, -0.15) is 0 Å². The van der Waals surface area contributed by atoms with E-state index >= 15 is 0 Å². The molecule has 1 saturated carbocycles. The number of amides is 2. The molecular formula is C36H38BrN3O3. The van der Waals surface area contributed by atoms with Crippen LogP contribution in [0.15, 0.2) is 102 Å². The number of phenolic OH excluding ortho intramolecular Hbond substituents is 1. The summed E-state index contributed by atoms with van der Waals surface area (Å²) in [5, 5.41) is 12.8. The standard InChI is InChI=1S/C36H38BrN3O3/c37-31-11-7-26(8-12-31)22-35(42)40(20-19-25-9-17-34(41)18-10-25)24-27-3-1-4-28(21-27)29-5-2-6-30(23-29)36(43)39-33-15-13-32(38)14-16-33/h1-12,17-18,21,23,32-33,41H,13-16,19-20,22,24,38H2,(H,39,43). The highest BCUT2D eigenvalue weighted by Crippen LogP contribution is 2.24. The van der Waals surface area contributed by atoms with Crippen LogP contribution in [-0.2, 0) is 24.2 Å². The number of carbonyl (C=O) groups is 2. The van der Waals surface area contributed by atoms with Crippen molar-refractivity contribution in [1.29, 1.82) is 0 Å². The van der Waals surface area contributed by atoms with Gasteiger partial charge >= 0.3 is 0 Å². The van der Waals surface area contributed by atoms with Gasteiger partial charge in [0.2, 0.25) is 5.91 Å². The molecule has 2 amide bonds. The number of hydrogen-bond donors (Lipinski definition) is 3. The van der Waals surface area contributed by atoms with Gasteiger partial charge in [-0.25, -0.2) is 0 Å². The molecule has 4 aromatic carbocycles. The Hall–Kier alpha value is -3.94. The molecule has 0 aliphatic heterocycles. The Labute approximate surface area is 262 Å². The first-order valence-electron chi connectivity index (χ1n) is 14.9. The first kappa shape index (κ1) is 30.5. The Morgan fingerprint density at radius 2 is 1.47 bits per heavy atom. The van der Waals surface area contributed by atoms with Gasteiger partial charge in [0.05, 0.1) is 6.42 Å². The number of benzene rings is 4. The fourth-order valence-electron chi connectivity index (χ4n) is 5.55. The Morgan fingerprint density at radius 3 is 2.19 bits per heavy atom. The largest absolute Gasteiger partial charge is 0.508 e. The van der Waals surface area contributed by atoms with Crippen molar-refractivity contribution in [2.45, 2.75) is 57.2 Å². The van der Waals surface area contributed by atoms with E-state index in [-0.39, 0.29) is 29.6 Å². The average molecular weight is 641 g/mol. The van der Waals surface area contributed by atoms with Gasteiger partial charge in [0.15, 0.2) is 0 Å². The number of carbonyl (C=O) groups excluding carboxylic acids is 2. The SMILES string of the molecule is NC1CCC(NC(=O)c2cccc(-c3cccc(CN(CCc4ccc(O)cc4)C(=O)Cc4ccc(Br)cc4)c3)c2)CC1. The minimum atomic E-state index is -0.0579. The normalized spacial score (nSPS) is 16.4.